The zero-order chi connectivity index (χ0) is 16.4. The smallest absolute Gasteiger partial charge is 0.258 e. The lowest BCUT2D eigenvalue weighted by Gasteiger charge is -2.26. The third-order valence-electron chi connectivity index (χ3n) is 4.17. The SMILES string of the molecule is NC(=O)C(O)(c1ccccc1)c1ccc(Cl)c(CNC2CC2)c1. The van der Waals surface area contributed by atoms with Gasteiger partial charge in [-0.15, -0.1) is 0 Å². The molecule has 1 unspecified atom stereocenters. The summed E-state index contributed by atoms with van der Waals surface area (Å²) >= 11 is 6.24. The fourth-order valence-corrected chi connectivity index (χ4v) is 2.79. The summed E-state index contributed by atoms with van der Waals surface area (Å²) < 4.78 is 0. The van der Waals surface area contributed by atoms with E-state index in [2.05, 4.69) is 5.32 Å². The van der Waals surface area contributed by atoms with E-state index in [1.807, 2.05) is 6.07 Å². The topological polar surface area (TPSA) is 75.4 Å². The molecule has 1 fully saturated rings. The fourth-order valence-electron chi connectivity index (χ4n) is 2.61. The Balaban J connectivity index is 1.99. The number of carbonyl (C=O) groups excluding carboxylic acids is 1. The lowest BCUT2D eigenvalue weighted by atomic mass is 9.85. The van der Waals surface area contributed by atoms with E-state index in [9.17, 15) is 9.90 Å². The molecule has 3 rings (SSSR count). The molecule has 120 valence electrons. The van der Waals surface area contributed by atoms with Crippen LogP contribution in [0.15, 0.2) is 48.5 Å². The Kier molecular flexibility index (Phi) is 4.39. The Labute approximate surface area is 140 Å². The molecule has 2 aromatic carbocycles. The lowest BCUT2D eigenvalue weighted by Crippen LogP contribution is -2.42. The molecule has 4 N–H and O–H groups in total. The van der Waals surface area contributed by atoms with Crippen LogP contribution in [-0.4, -0.2) is 17.1 Å². The molecule has 0 heterocycles. The molecule has 1 aliphatic carbocycles. The van der Waals surface area contributed by atoms with Gasteiger partial charge in [-0.05, 0) is 41.7 Å². The van der Waals surface area contributed by atoms with Gasteiger partial charge in [0.05, 0.1) is 0 Å². The molecule has 5 heteroatoms. The van der Waals surface area contributed by atoms with Crippen molar-refractivity contribution in [2.45, 2.75) is 31.0 Å². The molecular weight excluding hydrogens is 312 g/mol. The van der Waals surface area contributed by atoms with Gasteiger partial charge >= 0.3 is 0 Å². The number of aliphatic hydroxyl groups is 1. The zero-order valence-electron chi connectivity index (χ0n) is 12.6. The van der Waals surface area contributed by atoms with Crippen LogP contribution in [0.25, 0.3) is 0 Å². The summed E-state index contributed by atoms with van der Waals surface area (Å²) in [7, 11) is 0. The van der Waals surface area contributed by atoms with Gasteiger partial charge in [0.15, 0.2) is 5.60 Å². The van der Waals surface area contributed by atoms with Crippen molar-refractivity contribution in [3.05, 3.63) is 70.2 Å². The average Bonchev–Trinajstić information content (AvgIpc) is 3.38. The lowest BCUT2D eigenvalue weighted by molar-refractivity contribution is -0.133. The van der Waals surface area contributed by atoms with Gasteiger partial charge in [0.1, 0.15) is 0 Å². The minimum absolute atomic E-state index is 0.424. The first-order valence-electron chi connectivity index (χ1n) is 7.62. The van der Waals surface area contributed by atoms with Crippen molar-refractivity contribution in [2.75, 3.05) is 0 Å². The second-order valence-electron chi connectivity index (χ2n) is 5.90. The summed E-state index contributed by atoms with van der Waals surface area (Å²) in [5.41, 5.74) is 5.35. The second kappa shape index (κ2) is 6.32. The standard InChI is InChI=1S/C18H19ClN2O2/c19-16-9-6-14(10-12(16)11-21-15-7-8-15)18(23,17(20)22)13-4-2-1-3-5-13/h1-6,9-10,15,21,23H,7-8,11H2,(H2,20,22). The van der Waals surface area contributed by atoms with E-state index in [4.69, 9.17) is 17.3 Å². The maximum absolute atomic E-state index is 12.0. The zero-order valence-corrected chi connectivity index (χ0v) is 13.4. The number of hydrogen-bond acceptors (Lipinski definition) is 3. The summed E-state index contributed by atoms with van der Waals surface area (Å²) in [6.07, 6.45) is 2.35. The Hall–Kier alpha value is -1.88. The molecule has 0 saturated heterocycles. The molecule has 1 aliphatic rings. The third-order valence-corrected chi connectivity index (χ3v) is 4.54. The normalized spacial score (nSPS) is 16.8. The summed E-state index contributed by atoms with van der Waals surface area (Å²) in [6, 6.07) is 14.3. The van der Waals surface area contributed by atoms with Crippen molar-refractivity contribution in [1.29, 1.82) is 0 Å². The van der Waals surface area contributed by atoms with Crippen LogP contribution in [0.3, 0.4) is 0 Å². The molecule has 0 radical (unpaired) electrons. The number of amides is 1. The van der Waals surface area contributed by atoms with Crippen molar-refractivity contribution < 1.29 is 9.90 Å². The van der Waals surface area contributed by atoms with Gasteiger partial charge in [-0.3, -0.25) is 4.79 Å². The first-order chi connectivity index (χ1) is 11.0. The van der Waals surface area contributed by atoms with Crippen LogP contribution in [0, 0.1) is 0 Å². The van der Waals surface area contributed by atoms with Crippen LogP contribution in [-0.2, 0) is 16.9 Å². The molecule has 0 aromatic heterocycles. The predicted octanol–water partition coefficient (Wildman–Crippen LogP) is 2.31. The highest BCUT2D eigenvalue weighted by Gasteiger charge is 2.38. The molecule has 0 bridgehead atoms. The fraction of sp³-hybridized carbons (Fsp3) is 0.278. The number of benzene rings is 2. The van der Waals surface area contributed by atoms with E-state index >= 15 is 0 Å². The van der Waals surface area contributed by atoms with Crippen LogP contribution in [0.5, 0.6) is 0 Å². The van der Waals surface area contributed by atoms with Crippen LogP contribution in [0.1, 0.15) is 29.5 Å². The number of hydrogen-bond donors (Lipinski definition) is 3. The Morgan fingerprint density at radius 2 is 1.91 bits per heavy atom. The third kappa shape index (κ3) is 3.24. The Morgan fingerprint density at radius 1 is 1.22 bits per heavy atom. The van der Waals surface area contributed by atoms with Crippen LogP contribution < -0.4 is 11.1 Å². The predicted molar refractivity (Wildman–Crippen MR) is 89.9 cm³/mol. The Morgan fingerprint density at radius 3 is 2.52 bits per heavy atom. The van der Waals surface area contributed by atoms with Gasteiger partial charge in [0.25, 0.3) is 5.91 Å². The van der Waals surface area contributed by atoms with Crippen molar-refractivity contribution >= 4 is 17.5 Å². The molecule has 23 heavy (non-hydrogen) atoms. The molecule has 0 spiro atoms. The average molecular weight is 331 g/mol. The van der Waals surface area contributed by atoms with Gasteiger partial charge in [0.2, 0.25) is 0 Å². The summed E-state index contributed by atoms with van der Waals surface area (Å²) in [5, 5.41) is 15.0. The first kappa shape index (κ1) is 16.0. The first-order valence-corrected chi connectivity index (χ1v) is 7.99. The maximum Gasteiger partial charge on any atom is 0.258 e. The highest BCUT2D eigenvalue weighted by atomic mass is 35.5. The quantitative estimate of drug-likeness (QED) is 0.761. The van der Waals surface area contributed by atoms with E-state index in [-0.39, 0.29) is 0 Å². The number of nitrogens with two attached hydrogens (primary N) is 1. The Bertz CT molecular complexity index is 716. The summed E-state index contributed by atoms with van der Waals surface area (Å²) in [4.78, 5) is 12.0. The van der Waals surface area contributed by atoms with Gasteiger partial charge in [-0.2, -0.15) is 0 Å². The molecule has 2 aromatic rings. The van der Waals surface area contributed by atoms with Crippen molar-refractivity contribution in [1.82, 2.24) is 5.32 Å². The minimum atomic E-state index is -1.87. The van der Waals surface area contributed by atoms with E-state index in [1.165, 1.54) is 12.8 Å². The largest absolute Gasteiger partial charge is 0.372 e. The minimum Gasteiger partial charge on any atom is -0.372 e. The summed E-state index contributed by atoms with van der Waals surface area (Å²) in [5.74, 6) is -0.813. The molecular formula is C18H19ClN2O2. The van der Waals surface area contributed by atoms with Crippen molar-refractivity contribution in [3.8, 4) is 0 Å². The van der Waals surface area contributed by atoms with Crippen molar-refractivity contribution in [3.63, 3.8) is 0 Å². The number of halogens is 1. The maximum atomic E-state index is 12.0. The molecule has 0 aliphatic heterocycles. The van der Waals surface area contributed by atoms with Gasteiger partial charge in [0, 0.05) is 17.6 Å². The number of carbonyl (C=O) groups is 1. The molecule has 4 nitrogen and oxygen atoms in total. The van der Waals surface area contributed by atoms with Crippen LogP contribution >= 0.6 is 11.6 Å². The van der Waals surface area contributed by atoms with Gasteiger partial charge in [-0.25, -0.2) is 0 Å². The van der Waals surface area contributed by atoms with E-state index in [1.54, 1.807) is 42.5 Å². The van der Waals surface area contributed by atoms with E-state index < -0.39 is 11.5 Å². The number of nitrogens with one attached hydrogen (secondary N) is 1. The van der Waals surface area contributed by atoms with Gasteiger partial charge < -0.3 is 16.2 Å². The monoisotopic (exact) mass is 330 g/mol. The van der Waals surface area contributed by atoms with Gasteiger partial charge in [-0.1, -0.05) is 48.0 Å². The molecule has 1 saturated carbocycles. The van der Waals surface area contributed by atoms with E-state index in [0.29, 0.717) is 28.7 Å². The van der Waals surface area contributed by atoms with Crippen LogP contribution in [0.2, 0.25) is 5.02 Å². The molecule has 1 amide bonds. The second-order valence-corrected chi connectivity index (χ2v) is 6.31. The highest BCUT2D eigenvalue weighted by Crippen LogP contribution is 2.32. The van der Waals surface area contributed by atoms with Crippen molar-refractivity contribution in [2.24, 2.45) is 5.73 Å². The summed E-state index contributed by atoms with van der Waals surface area (Å²) in [6.45, 7) is 0.598. The highest BCUT2D eigenvalue weighted by molar-refractivity contribution is 6.31. The van der Waals surface area contributed by atoms with Crippen LogP contribution in [0.4, 0.5) is 0 Å². The van der Waals surface area contributed by atoms with E-state index in [0.717, 1.165) is 5.56 Å². The molecule has 1 atom stereocenters. The number of rotatable bonds is 6. The number of primary amides is 1.